The van der Waals surface area contributed by atoms with E-state index in [9.17, 15) is 0 Å². The summed E-state index contributed by atoms with van der Waals surface area (Å²) in [7, 11) is 9.86. The Kier molecular flexibility index (Phi) is 4.13. The fraction of sp³-hybridized carbons (Fsp3) is 0.312. The van der Waals surface area contributed by atoms with Crippen molar-refractivity contribution in [3.8, 4) is 17.0 Å². The van der Waals surface area contributed by atoms with Crippen LogP contribution in [0.1, 0.15) is 0 Å². The van der Waals surface area contributed by atoms with Gasteiger partial charge in [-0.25, -0.2) is 0 Å². The van der Waals surface area contributed by atoms with Crippen LogP contribution < -0.4 is 14.5 Å². The zero-order valence-electron chi connectivity index (χ0n) is 12.7. The van der Waals surface area contributed by atoms with Gasteiger partial charge in [-0.1, -0.05) is 12.1 Å². The van der Waals surface area contributed by atoms with Crippen molar-refractivity contribution in [3.63, 3.8) is 0 Å². The Morgan fingerprint density at radius 3 is 2.35 bits per heavy atom. The largest absolute Gasteiger partial charge is 0.497 e. The lowest BCUT2D eigenvalue weighted by atomic mass is 10.1. The van der Waals surface area contributed by atoms with Gasteiger partial charge in [0.1, 0.15) is 5.75 Å². The molecule has 1 aromatic carbocycles. The van der Waals surface area contributed by atoms with Gasteiger partial charge in [0.25, 0.3) is 0 Å². The van der Waals surface area contributed by atoms with Crippen LogP contribution in [0.4, 0.5) is 11.4 Å². The molecule has 20 heavy (non-hydrogen) atoms. The molecular formula is C16H21N3O. The first-order valence-corrected chi connectivity index (χ1v) is 6.52. The highest BCUT2D eigenvalue weighted by molar-refractivity contribution is 5.87. The second kappa shape index (κ2) is 5.82. The van der Waals surface area contributed by atoms with E-state index >= 15 is 0 Å². The predicted molar refractivity (Wildman–Crippen MR) is 84.9 cm³/mol. The molecule has 0 saturated carbocycles. The number of para-hydroxylation sites is 1. The molecule has 0 unspecified atom stereocenters. The maximum Gasteiger partial charge on any atom is 0.122 e. The minimum Gasteiger partial charge on any atom is -0.497 e. The Bertz CT molecular complexity index is 594. The maximum absolute atomic E-state index is 5.29. The minimum atomic E-state index is 0.815. The van der Waals surface area contributed by atoms with Crippen molar-refractivity contribution in [3.05, 3.63) is 36.5 Å². The number of nitrogens with zero attached hydrogens (tertiary/aromatic N) is 3. The quantitative estimate of drug-likeness (QED) is 0.855. The zero-order chi connectivity index (χ0) is 14.7. The topological polar surface area (TPSA) is 28.6 Å². The first-order chi connectivity index (χ1) is 9.54. The summed E-state index contributed by atoms with van der Waals surface area (Å²) in [5.74, 6) is 0.815. The monoisotopic (exact) mass is 271 g/mol. The predicted octanol–water partition coefficient (Wildman–Crippen LogP) is 2.89. The van der Waals surface area contributed by atoms with Crippen LogP contribution in [-0.2, 0) is 0 Å². The van der Waals surface area contributed by atoms with Crippen LogP contribution in [-0.4, -0.2) is 40.3 Å². The van der Waals surface area contributed by atoms with Crippen LogP contribution in [0.2, 0.25) is 0 Å². The van der Waals surface area contributed by atoms with E-state index in [0.717, 1.165) is 28.4 Å². The number of methoxy groups -OCH3 is 1. The third-order valence-corrected chi connectivity index (χ3v) is 3.19. The molecule has 2 aromatic rings. The maximum atomic E-state index is 5.29. The SMILES string of the molecule is COc1ccnc(-c2cccc(N(C)C)c2N(C)C)c1. The van der Waals surface area contributed by atoms with E-state index < -0.39 is 0 Å². The third kappa shape index (κ3) is 2.69. The molecule has 2 rings (SSSR count). The van der Waals surface area contributed by atoms with Gasteiger partial charge in [0.2, 0.25) is 0 Å². The molecule has 1 aromatic heterocycles. The number of hydrogen-bond acceptors (Lipinski definition) is 4. The Balaban J connectivity index is 2.63. The average Bonchev–Trinajstić information content (AvgIpc) is 2.46. The summed E-state index contributed by atoms with van der Waals surface area (Å²) in [4.78, 5) is 8.70. The molecule has 0 atom stereocenters. The number of rotatable bonds is 4. The summed E-state index contributed by atoms with van der Waals surface area (Å²) in [6.07, 6.45) is 1.77. The Morgan fingerprint density at radius 2 is 1.75 bits per heavy atom. The Labute approximate surface area is 120 Å². The Morgan fingerprint density at radius 1 is 1.00 bits per heavy atom. The first-order valence-electron chi connectivity index (χ1n) is 6.52. The molecule has 0 fully saturated rings. The first kappa shape index (κ1) is 14.2. The highest BCUT2D eigenvalue weighted by Crippen LogP contribution is 2.37. The molecule has 0 radical (unpaired) electrons. The lowest BCUT2D eigenvalue weighted by molar-refractivity contribution is 0.414. The average molecular weight is 271 g/mol. The van der Waals surface area contributed by atoms with Crippen molar-refractivity contribution in [2.45, 2.75) is 0 Å². The molecule has 0 amide bonds. The van der Waals surface area contributed by atoms with E-state index in [-0.39, 0.29) is 0 Å². The van der Waals surface area contributed by atoms with E-state index in [1.807, 2.05) is 40.3 Å². The van der Waals surface area contributed by atoms with Gasteiger partial charge >= 0.3 is 0 Å². The standard InChI is InChI=1S/C16H21N3O/c1-18(2)15-8-6-7-13(16(15)19(3)4)14-11-12(20-5)9-10-17-14/h6-11H,1-5H3. The Hall–Kier alpha value is -2.23. The van der Waals surface area contributed by atoms with Crippen LogP contribution in [0.5, 0.6) is 5.75 Å². The van der Waals surface area contributed by atoms with Crippen LogP contribution in [0.3, 0.4) is 0 Å². The number of aromatic nitrogens is 1. The van der Waals surface area contributed by atoms with Gasteiger partial charge < -0.3 is 14.5 Å². The van der Waals surface area contributed by atoms with Gasteiger partial charge in [0, 0.05) is 46.0 Å². The van der Waals surface area contributed by atoms with Crippen molar-refractivity contribution < 1.29 is 4.74 Å². The highest BCUT2D eigenvalue weighted by Gasteiger charge is 2.14. The summed E-state index contributed by atoms with van der Waals surface area (Å²) in [5.41, 5.74) is 4.33. The lowest BCUT2D eigenvalue weighted by Crippen LogP contribution is -2.17. The normalized spacial score (nSPS) is 10.2. The summed E-state index contributed by atoms with van der Waals surface area (Å²) >= 11 is 0. The molecule has 0 N–H and O–H groups in total. The number of hydrogen-bond donors (Lipinski definition) is 0. The molecule has 0 bridgehead atoms. The van der Waals surface area contributed by atoms with Crippen molar-refractivity contribution >= 4 is 11.4 Å². The van der Waals surface area contributed by atoms with E-state index in [4.69, 9.17) is 4.74 Å². The number of anilines is 2. The second-order valence-electron chi connectivity index (χ2n) is 5.04. The van der Waals surface area contributed by atoms with Crippen molar-refractivity contribution in [2.24, 2.45) is 0 Å². The lowest BCUT2D eigenvalue weighted by Gasteiger charge is -2.25. The van der Waals surface area contributed by atoms with E-state index in [1.54, 1.807) is 13.3 Å². The molecule has 1 heterocycles. The van der Waals surface area contributed by atoms with Crippen LogP contribution >= 0.6 is 0 Å². The number of benzene rings is 1. The van der Waals surface area contributed by atoms with Crippen molar-refractivity contribution in [1.29, 1.82) is 0 Å². The van der Waals surface area contributed by atoms with E-state index in [0.29, 0.717) is 0 Å². The fourth-order valence-electron chi connectivity index (χ4n) is 2.25. The number of ether oxygens (including phenoxy) is 1. The third-order valence-electron chi connectivity index (χ3n) is 3.19. The van der Waals surface area contributed by atoms with Gasteiger partial charge in [-0.05, 0) is 12.1 Å². The summed E-state index contributed by atoms with van der Waals surface area (Å²) in [6.45, 7) is 0. The molecule has 0 aliphatic heterocycles. The fourth-order valence-corrected chi connectivity index (χ4v) is 2.25. The van der Waals surface area contributed by atoms with Gasteiger partial charge in [0.05, 0.1) is 24.2 Å². The van der Waals surface area contributed by atoms with Crippen molar-refractivity contribution in [2.75, 3.05) is 45.1 Å². The van der Waals surface area contributed by atoms with Crippen LogP contribution in [0, 0.1) is 0 Å². The molecular weight excluding hydrogens is 250 g/mol. The van der Waals surface area contributed by atoms with E-state index in [1.165, 1.54) is 0 Å². The van der Waals surface area contributed by atoms with Gasteiger partial charge in [-0.2, -0.15) is 0 Å². The van der Waals surface area contributed by atoms with Gasteiger partial charge in [-0.3, -0.25) is 4.98 Å². The minimum absolute atomic E-state index is 0.815. The molecule has 0 saturated heterocycles. The van der Waals surface area contributed by atoms with Gasteiger partial charge in [0.15, 0.2) is 0 Å². The smallest absolute Gasteiger partial charge is 0.122 e. The highest BCUT2D eigenvalue weighted by atomic mass is 16.5. The van der Waals surface area contributed by atoms with Gasteiger partial charge in [-0.15, -0.1) is 0 Å². The zero-order valence-corrected chi connectivity index (χ0v) is 12.7. The number of pyridine rings is 1. The summed E-state index contributed by atoms with van der Waals surface area (Å²) < 4.78 is 5.29. The molecule has 4 heteroatoms. The molecule has 4 nitrogen and oxygen atoms in total. The summed E-state index contributed by atoms with van der Waals surface area (Å²) in [5, 5.41) is 0. The van der Waals surface area contributed by atoms with Crippen LogP contribution in [0.25, 0.3) is 11.3 Å². The molecule has 106 valence electrons. The molecule has 0 aliphatic carbocycles. The summed E-state index contributed by atoms with van der Waals surface area (Å²) in [6, 6.07) is 10.1. The molecule has 0 aliphatic rings. The van der Waals surface area contributed by atoms with Crippen LogP contribution in [0.15, 0.2) is 36.5 Å². The second-order valence-corrected chi connectivity index (χ2v) is 5.04. The molecule has 0 spiro atoms. The van der Waals surface area contributed by atoms with E-state index in [2.05, 4.69) is 33.0 Å². The van der Waals surface area contributed by atoms with Crippen molar-refractivity contribution in [1.82, 2.24) is 4.98 Å².